The van der Waals surface area contributed by atoms with Crippen molar-refractivity contribution >= 4 is 17.2 Å². The van der Waals surface area contributed by atoms with E-state index < -0.39 is 28.8 Å². The van der Waals surface area contributed by atoms with Crippen LogP contribution in [0, 0.1) is 5.92 Å². The zero-order chi connectivity index (χ0) is 14.8. The van der Waals surface area contributed by atoms with Gasteiger partial charge in [0.15, 0.2) is 0 Å². The van der Waals surface area contributed by atoms with Gasteiger partial charge < -0.3 is 15.6 Å². The lowest BCUT2D eigenvalue weighted by molar-refractivity contribution is -0.179. The first kappa shape index (κ1) is 16.6. The van der Waals surface area contributed by atoms with Gasteiger partial charge in [-0.15, -0.1) is 0 Å². The van der Waals surface area contributed by atoms with E-state index in [9.17, 15) is 13.2 Å². The van der Waals surface area contributed by atoms with E-state index in [0.717, 1.165) is 0 Å². The number of rotatable bonds is 4. The van der Waals surface area contributed by atoms with Crippen LogP contribution < -0.4 is 5.73 Å². The van der Waals surface area contributed by atoms with E-state index in [-0.39, 0.29) is 19.7 Å². The Balaban J connectivity index is 2.76. The monoisotopic (exact) mass is 300 g/mol. The van der Waals surface area contributed by atoms with Crippen LogP contribution in [0.3, 0.4) is 0 Å². The van der Waals surface area contributed by atoms with Crippen molar-refractivity contribution < 1.29 is 23.0 Å². The van der Waals surface area contributed by atoms with Gasteiger partial charge in [-0.25, -0.2) is 0 Å². The van der Waals surface area contributed by atoms with Crippen molar-refractivity contribution in [3.63, 3.8) is 0 Å². The third kappa shape index (κ3) is 4.87. The van der Waals surface area contributed by atoms with Crippen molar-refractivity contribution in [2.45, 2.75) is 31.7 Å². The fourth-order valence-corrected chi connectivity index (χ4v) is 2.47. The molecule has 0 aliphatic carbocycles. The largest absolute Gasteiger partial charge is 0.399 e. The molecule has 1 rings (SSSR count). The number of thiocarbonyl (C=S) groups is 1. The first-order chi connectivity index (χ1) is 8.55. The van der Waals surface area contributed by atoms with Gasteiger partial charge in [0.25, 0.3) is 0 Å². The van der Waals surface area contributed by atoms with Crippen LogP contribution in [-0.2, 0) is 4.74 Å². The molecule has 0 radical (unpaired) electrons. The molecular weight excluding hydrogens is 281 g/mol. The maximum Gasteiger partial charge on any atom is 0.399 e. The Kier molecular flexibility index (Phi) is 5.16. The highest BCUT2D eigenvalue weighted by Crippen LogP contribution is 2.29. The number of aliphatic hydroxyl groups excluding tert-OH is 1. The lowest BCUT2D eigenvalue weighted by Gasteiger charge is -2.43. The predicted molar refractivity (Wildman–Crippen MR) is 68.8 cm³/mol. The van der Waals surface area contributed by atoms with Crippen LogP contribution in [0.15, 0.2) is 0 Å². The predicted octanol–water partition coefficient (Wildman–Crippen LogP) is 0.923. The van der Waals surface area contributed by atoms with Crippen LogP contribution >= 0.6 is 12.2 Å². The highest BCUT2D eigenvalue weighted by atomic mass is 32.1. The fourth-order valence-electron chi connectivity index (χ4n) is 2.26. The second-order valence-electron chi connectivity index (χ2n) is 5.37. The summed E-state index contributed by atoms with van der Waals surface area (Å²) in [5.41, 5.74) is 4.57. The van der Waals surface area contributed by atoms with Gasteiger partial charge in [0.05, 0.1) is 23.3 Å². The maximum absolute atomic E-state index is 12.8. The molecule has 2 atom stereocenters. The molecule has 1 aliphatic rings. The molecule has 0 aromatic carbocycles. The number of morpholine rings is 1. The van der Waals surface area contributed by atoms with Gasteiger partial charge in [-0.1, -0.05) is 12.2 Å². The van der Waals surface area contributed by atoms with Crippen LogP contribution in [0.5, 0.6) is 0 Å². The summed E-state index contributed by atoms with van der Waals surface area (Å²) in [7, 11) is 0. The summed E-state index contributed by atoms with van der Waals surface area (Å²) in [4.78, 5) is 1.03. The zero-order valence-electron chi connectivity index (χ0n) is 10.9. The number of alkyl halides is 3. The summed E-state index contributed by atoms with van der Waals surface area (Å²) >= 11 is 4.50. The molecule has 112 valence electrons. The van der Waals surface area contributed by atoms with E-state index in [1.54, 1.807) is 18.7 Å². The van der Waals surface area contributed by atoms with Gasteiger partial charge >= 0.3 is 6.18 Å². The Morgan fingerprint density at radius 3 is 2.58 bits per heavy atom. The molecular formula is C11H19F3N2O2S. The number of hydrogen-bond donors (Lipinski definition) is 2. The summed E-state index contributed by atoms with van der Waals surface area (Å²) in [5.74, 6) is -1.84. The first-order valence-electron chi connectivity index (χ1n) is 5.92. The lowest BCUT2D eigenvalue weighted by atomic mass is 10.0. The highest BCUT2D eigenvalue weighted by molar-refractivity contribution is 7.80. The first-order valence-corrected chi connectivity index (χ1v) is 6.33. The lowest BCUT2D eigenvalue weighted by Crippen LogP contribution is -2.56. The number of nitrogens with zero attached hydrogens (tertiary/aromatic N) is 1. The molecule has 1 saturated heterocycles. The van der Waals surface area contributed by atoms with E-state index in [2.05, 4.69) is 12.2 Å². The smallest absolute Gasteiger partial charge is 0.394 e. The minimum absolute atomic E-state index is 0.231. The van der Waals surface area contributed by atoms with E-state index in [1.165, 1.54) is 0 Å². The molecule has 0 bridgehead atoms. The fraction of sp³-hybridized carbons (Fsp3) is 0.909. The Hall–Kier alpha value is -0.440. The van der Waals surface area contributed by atoms with Gasteiger partial charge in [0, 0.05) is 19.6 Å². The standard InChI is InChI=1S/C11H19F3N2O2S/c1-10(2)6-16(3-7(5-17)18-10)4-8(9(15)19)11(12,13)14/h7-8,17H,3-6H2,1-2H3,(H2,15,19). The van der Waals surface area contributed by atoms with Crippen LogP contribution in [-0.4, -0.2) is 59.1 Å². The average Bonchev–Trinajstić information content (AvgIpc) is 2.21. The molecule has 0 aromatic rings. The molecule has 1 heterocycles. The number of halogens is 3. The van der Waals surface area contributed by atoms with Crippen LogP contribution in [0.4, 0.5) is 13.2 Å². The summed E-state index contributed by atoms with van der Waals surface area (Å²) in [5, 5.41) is 9.12. The van der Waals surface area contributed by atoms with Crippen molar-refractivity contribution in [1.82, 2.24) is 4.90 Å². The van der Waals surface area contributed by atoms with Gasteiger partial charge in [-0.05, 0) is 13.8 Å². The summed E-state index contributed by atoms with van der Waals surface area (Å²) in [6.07, 6.45) is -4.95. The molecule has 1 fully saturated rings. The summed E-state index contributed by atoms with van der Waals surface area (Å²) in [6, 6.07) is 0. The molecule has 19 heavy (non-hydrogen) atoms. The van der Waals surface area contributed by atoms with E-state index >= 15 is 0 Å². The highest BCUT2D eigenvalue weighted by Gasteiger charge is 2.44. The minimum Gasteiger partial charge on any atom is -0.394 e. The van der Waals surface area contributed by atoms with E-state index in [0.29, 0.717) is 6.54 Å². The van der Waals surface area contributed by atoms with Crippen molar-refractivity contribution in [3.8, 4) is 0 Å². The number of hydrogen-bond acceptors (Lipinski definition) is 4. The average molecular weight is 300 g/mol. The molecule has 0 amide bonds. The van der Waals surface area contributed by atoms with Crippen LogP contribution in [0.25, 0.3) is 0 Å². The maximum atomic E-state index is 12.8. The third-order valence-corrected chi connectivity index (χ3v) is 3.22. The zero-order valence-corrected chi connectivity index (χ0v) is 11.7. The minimum atomic E-state index is -4.46. The third-order valence-electron chi connectivity index (χ3n) is 2.93. The second-order valence-corrected chi connectivity index (χ2v) is 5.84. The van der Waals surface area contributed by atoms with Crippen LogP contribution in [0.2, 0.25) is 0 Å². The van der Waals surface area contributed by atoms with Gasteiger partial charge in [0.2, 0.25) is 0 Å². The Bertz CT molecular complexity index is 336. The van der Waals surface area contributed by atoms with E-state index in [4.69, 9.17) is 15.6 Å². The molecule has 4 nitrogen and oxygen atoms in total. The number of nitrogens with two attached hydrogens (primary N) is 1. The van der Waals surface area contributed by atoms with Crippen molar-refractivity contribution in [3.05, 3.63) is 0 Å². The molecule has 0 aromatic heterocycles. The van der Waals surface area contributed by atoms with Crippen molar-refractivity contribution in [2.75, 3.05) is 26.2 Å². The number of ether oxygens (including phenoxy) is 1. The quantitative estimate of drug-likeness (QED) is 0.756. The normalized spacial score (nSPS) is 26.1. The Labute approximate surface area is 115 Å². The summed E-state index contributed by atoms with van der Waals surface area (Å²) in [6.45, 7) is 3.57. The second kappa shape index (κ2) is 5.90. The molecule has 0 saturated carbocycles. The van der Waals surface area contributed by atoms with Gasteiger partial charge in [-0.3, -0.25) is 4.90 Å². The molecule has 2 unspecified atom stereocenters. The Morgan fingerprint density at radius 2 is 2.16 bits per heavy atom. The van der Waals surface area contributed by atoms with Crippen molar-refractivity contribution in [1.29, 1.82) is 0 Å². The van der Waals surface area contributed by atoms with Gasteiger partial charge in [0.1, 0.15) is 5.92 Å². The topological polar surface area (TPSA) is 58.7 Å². The summed E-state index contributed by atoms with van der Waals surface area (Å²) < 4.78 is 44.0. The molecule has 8 heteroatoms. The van der Waals surface area contributed by atoms with E-state index in [1.807, 2.05) is 0 Å². The number of aliphatic hydroxyl groups is 1. The van der Waals surface area contributed by atoms with Crippen molar-refractivity contribution in [2.24, 2.45) is 11.7 Å². The molecule has 1 aliphatic heterocycles. The molecule has 0 spiro atoms. The Morgan fingerprint density at radius 1 is 1.58 bits per heavy atom. The van der Waals surface area contributed by atoms with Gasteiger partial charge in [-0.2, -0.15) is 13.2 Å². The SMILES string of the molecule is CC1(C)CN(CC(C(N)=S)C(F)(F)F)CC(CO)O1. The van der Waals surface area contributed by atoms with Crippen LogP contribution in [0.1, 0.15) is 13.8 Å². The molecule has 3 N–H and O–H groups in total.